The molecule has 0 saturated heterocycles. The van der Waals surface area contributed by atoms with E-state index in [1.54, 1.807) is 0 Å². The molecule has 21 heavy (non-hydrogen) atoms. The van der Waals surface area contributed by atoms with E-state index in [1.165, 1.54) is 14.2 Å². The van der Waals surface area contributed by atoms with Crippen molar-refractivity contribution in [2.45, 2.75) is 11.4 Å². The van der Waals surface area contributed by atoms with Gasteiger partial charge in [-0.3, -0.25) is 0 Å². The molecule has 0 fully saturated rings. The highest BCUT2D eigenvalue weighted by Gasteiger charge is 2.50. The van der Waals surface area contributed by atoms with Crippen molar-refractivity contribution in [3.05, 3.63) is 17.7 Å². The Morgan fingerprint density at radius 3 is 1.90 bits per heavy atom. The van der Waals surface area contributed by atoms with Gasteiger partial charge >= 0.3 is 6.18 Å². The molecule has 0 aliphatic rings. The van der Waals surface area contributed by atoms with Crippen LogP contribution in [0.5, 0.6) is 17.2 Å². The van der Waals surface area contributed by atoms with E-state index in [0.717, 1.165) is 19.2 Å². The van der Waals surface area contributed by atoms with Crippen LogP contribution in [0.2, 0.25) is 0 Å². The number of primary sulfonamides is 1. The van der Waals surface area contributed by atoms with Gasteiger partial charge in [0.2, 0.25) is 15.8 Å². The van der Waals surface area contributed by atoms with Crippen LogP contribution in [0.4, 0.5) is 13.2 Å². The van der Waals surface area contributed by atoms with Crippen molar-refractivity contribution < 1.29 is 35.8 Å². The van der Waals surface area contributed by atoms with Gasteiger partial charge in [-0.1, -0.05) is 0 Å². The van der Waals surface area contributed by atoms with E-state index in [2.05, 4.69) is 0 Å². The fraction of sp³-hybridized carbons (Fsp3) is 0.455. The van der Waals surface area contributed by atoms with Gasteiger partial charge in [0.15, 0.2) is 16.7 Å². The molecule has 1 rings (SSSR count). The van der Waals surface area contributed by atoms with E-state index in [9.17, 15) is 21.6 Å². The first-order valence-corrected chi connectivity index (χ1v) is 7.06. The Balaban J connectivity index is 3.68. The summed E-state index contributed by atoms with van der Waals surface area (Å²) in [7, 11) is -1.41. The van der Waals surface area contributed by atoms with Crippen molar-refractivity contribution in [2.24, 2.45) is 5.14 Å². The quantitative estimate of drug-likeness (QED) is 0.886. The molecule has 0 heterocycles. The fourth-order valence-corrected chi connectivity index (χ4v) is 2.78. The summed E-state index contributed by atoms with van der Waals surface area (Å²) in [5, 5.41) is 1.78. The van der Waals surface area contributed by atoms with Crippen molar-refractivity contribution in [3.63, 3.8) is 0 Å². The molecule has 1 atom stereocenters. The zero-order valence-corrected chi connectivity index (χ0v) is 12.2. The fourth-order valence-electron chi connectivity index (χ4n) is 1.87. The van der Waals surface area contributed by atoms with Gasteiger partial charge in [0.05, 0.1) is 21.3 Å². The molecule has 0 spiro atoms. The third kappa shape index (κ3) is 3.50. The number of nitrogens with two attached hydrogens (primary N) is 1. The standard InChI is InChI=1S/C11H14F3NO5S/c1-18-7-5-4-6(8(19-2)9(7)20-3)10(11(12,13)14)21(15,16)17/h4-5,10H,1-3H3,(H2,15,16,17). The first-order valence-electron chi connectivity index (χ1n) is 5.45. The maximum absolute atomic E-state index is 13.0. The van der Waals surface area contributed by atoms with Crippen LogP contribution >= 0.6 is 0 Å². The summed E-state index contributed by atoms with van der Waals surface area (Å²) in [6, 6.07) is 2.06. The van der Waals surface area contributed by atoms with Crippen molar-refractivity contribution in [1.82, 2.24) is 0 Å². The van der Waals surface area contributed by atoms with Crippen LogP contribution in [-0.2, 0) is 10.0 Å². The third-order valence-corrected chi connectivity index (χ3v) is 3.82. The second kappa shape index (κ2) is 5.98. The number of ether oxygens (including phenoxy) is 3. The highest BCUT2D eigenvalue weighted by Crippen LogP contribution is 2.48. The van der Waals surface area contributed by atoms with E-state index in [0.29, 0.717) is 0 Å². The molecule has 0 aromatic heterocycles. The summed E-state index contributed by atoms with van der Waals surface area (Å²) in [5.41, 5.74) is -0.676. The molecular weight excluding hydrogens is 315 g/mol. The Labute approximate surface area is 119 Å². The van der Waals surface area contributed by atoms with Crippen LogP contribution in [0.25, 0.3) is 0 Å². The van der Waals surface area contributed by atoms with Crippen LogP contribution < -0.4 is 19.3 Å². The summed E-state index contributed by atoms with van der Waals surface area (Å²) in [6.07, 6.45) is -5.11. The van der Waals surface area contributed by atoms with Gasteiger partial charge in [-0.05, 0) is 12.1 Å². The highest BCUT2D eigenvalue weighted by molar-refractivity contribution is 7.89. The molecule has 0 radical (unpaired) electrons. The minimum Gasteiger partial charge on any atom is -0.493 e. The predicted octanol–water partition coefficient (Wildman–Crippen LogP) is 1.60. The second-order valence-corrected chi connectivity index (χ2v) is 5.58. The molecule has 1 aromatic rings. The molecule has 0 aliphatic carbocycles. The largest absolute Gasteiger partial charge is 0.493 e. The molecule has 2 N–H and O–H groups in total. The molecule has 0 aliphatic heterocycles. The molecule has 10 heteroatoms. The Morgan fingerprint density at radius 2 is 1.57 bits per heavy atom. The predicted molar refractivity (Wildman–Crippen MR) is 68.0 cm³/mol. The van der Waals surface area contributed by atoms with Crippen LogP contribution in [0.15, 0.2) is 12.1 Å². The lowest BCUT2D eigenvalue weighted by atomic mass is 10.1. The summed E-state index contributed by atoms with van der Waals surface area (Å²) in [5.74, 6) is -0.475. The van der Waals surface area contributed by atoms with Crippen molar-refractivity contribution in [2.75, 3.05) is 21.3 Å². The molecule has 120 valence electrons. The topological polar surface area (TPSA) is 87.9 Å². The molecule has 0 saturated carbocycles. The van der Waals surface area contributed by atoms with Gasteiger partial charge in [0.25, 0.3) is 0 Å². The van der Waals surface area contributed by atoms with Crippen LogP contribution in [0.1, 0.15) is 10.8 Å². The lowest BCUT2D eigenvalue weighted by Crippen LogP contribution is -2.33. The van der Waals surface area contributed by atoms with Crippen LogP contribution in [0, 0.1) is 0 Å². The molecular formula is C11H14F3NO5S. The van der Waals surface area contributed by atoms with E-state index in [-0.39, 0.29) is 11.5 Å². The first-order chi connectivity index (χ1) is 9.57. The number of hydrogen-bond donors (Lipinski definition) is 1. The van der Waals surface area contributed by atoms with E-state index in [4.69, 9.17) is 19.3 Å². The Kier molecular flexibility index (Phi) is 4.95. The smallest absolute Gasteiger partial charge is 0.410 e. The molecule has 1 aromatic carbocycles. The normalized spacial score (nSPS) is 13.7. The number of hydrogen-bond acceptors (Lipinski definition) is 5. The molecule has 6 nitrogen and oxygen atoms in total. The number of rotatable bonds is 5. The summed E-state index contributed by atoms with van der Waals surface area (Å²) < 4.78 is 76.5. The summed E-state index contributed by atoms with van der Waals surface area (Å²) in [4.78, 5) is 0. The van der Waals surface area contributed by atoms with Gasteiger partial charge < -0.3 is 14.2 Å². The van der Waals surface area contributed by atoms with Crippen molar-refractivity contribution >= 4 is 10.0 Å². The van der Waals surface area contributed by atoms with Crippen LogP contribution in [-0.4, -0.2) is 35.9 Å². The van der Waals surface area contributed by atoms with Gasteiger partial charge in [-0.15, -0.1) is 0 Å². The highest BCUT2D eigenvalue weighted by atomic mass is 32.2. The van der Waals surface area contributed by atoms with Gasteiger partial charge in [-0.25, -0.2) is 13.6 Å². The molecule has 1 unspecified atom stereocenters. The van der Waals surface area contributed by atoms with Gasteiger partial charge in [-0.2, -0.15) is 13.2 Å². The molecule has 0 bridgehead atoms. The Morgan fingerprint density at radius 1 is 1.05 bits per heavy atom. The summed E-state index contributed by atoms with van der Waals surface area (Å²) >= 11 is 0. The minimum absolute atomic E-state index is 0.0912. The number of benzene rings is 1. The van der Waals surface area contributed by atoms with Gasteiger partial charge in [0, 0.05) is 5.56 Å². The monoisotopic (exact) mass is 329 g/mol. The Hall–Kier alpha value is -1.68. The second-order valence-electron chi connectivity index (χ2n) is 3.93. The van der Waals surface area contributed by atoms with Crippen LogP contribution in [0.3, 0.4) is 0 Å². The van der Waals surface area contributed by atoms with Gasteiger partial charge in [0.1, 0.15) is 0 Å². The van der Waals surface area contributed by atoms with Crippen molar-refractivity contribution in [3.8, 4) is 17.2 Å². The number of methoxy groups -OCH3 is 3. The SMILES string of the molecule is COc1ccc(C(C(F)(F)F)S(N)(=O)=O)c(OC)c1OC. The third-order valence-electron chi connectivity index (χ3n) is 2.64. The zero-order valence-electron chi connectivity index (χ0n) is 11.4. The zero-order chi connectivity index (χ0) is 16.4. The average Bonchev–Trinajstić information content (AvgIpc) is 2.34. The lowest BCUT2D eigenvalue weighted by molar-refractivity contribution is -0.131. The average molecular weight is 329 g/mol. The number of sulfonamides is 1. The van der Waals surface area contributed by atoms with E-state index in [1.807, 2.05) is 0 Å². The number of halogens is 3. The summed E-state index contributed by atoms with van der Waals surface area (Å²) in [6.45, 7) is 0. The van der Waals surface area contributed by atoms with Crippen molar-refractivity contribution in [1.29, 1.82) is 0 Å². The van der Waals surface area contributed by atoms with E-state index < -0.39 is 32.8 Å². The minimum atomic E-state index is -5.11. The maximum Gasteiger partial charge on any atom is 0.410 e. The Bertz CT molecular complexity index is 615. The first kappa shape index (κ1) is 17.4. The molecule has 0 amide bonds. The maximum atomic E-state index is 13.0. The lowest BCUT2D eigenvalue weighted by Gasteiger charge is -2.22. The number of alkyl halides is 3. The van der Waals surface area contributed by atoms with E-state index >= 15 is 0 Å².